The summed E-state index contributed by atoms with van der Waals surface area (Å²) in [5.74, 6) is -1.09. The molecule has 0 spiro atoms. The highest BCUT2D eigenvalue weighted by molar-refractivity contribution is 5.74. The SMILES string of the molecule is CCCCCCCC(=O)O[C@H]1CN[C@H](C(=O)O)C1. The molecular formula is C13H23NO4. The zero-order chi connectivity index (χ0) is 13.4. The number of esters is 1. The van der Waals surface area contributed by atoms with E-state index in [1.807, 2.05) is 0 Å². The van der Waals surface area contributed by atoms with Gasteiger partial charge in [-0.2, -0.15) is 0 Å². The van der Waals surface area contributed by atoms with E-state index in [9.17, 15) is 9.59 Å². The molecule has 0 saturated carbocycles. The van der Waals surface area contributed by atoms with Crippen molar-refractivity contribution in [3.8, 4) is 0 Å². The number of carboxylic acid groups (broad SMARTS) is 1. The fourth-order valence-corrected chi connectivity index (χ4v) is 2.10. The molecule has 0 aliphatic carbocycles. The predicted molar refractivity (Wildman–Crippen MR) is 67.3 cm³/mol. The summed E-state index contributed by atoms with van der Waals surface area (Å²) in [5.41, 5.74) is 0. The summed E-state index contributed by atoms with van der Waals surface area (Å²) in [7, 11) is 0. The summed E-state index contributed by atoms with van der Waals surface area (Å²) < 4.78 is 5.23. The molecule has 1 saturated heterocycles. The van der Waals surface area contributed by atoms with Crippen molar-refractivity contribution in [2.75, 3.05) is 6.54 Å². The molecule has 0 amide bonds. The van der Waals surface area contributed by atoms with Crippen molar-refractivity contribution in [2.24, 2.45) is 0 Å². The Morgan fingerprint density at radius 1 is 1.28 bits per heavy atom. The second kappa shape index (κ2) is 8.08. The number of hydrogen-bond acceptors (Lipinski definition) is 4. The van der Waals surface area contributed by atoms with Crippen LogP contribution in [-0.4, -0.2) is 35.7 Å². The third kappa shape index (κ3) is 5.49. The average Bonchev–Trinajstić information content (AvgIpc) is 2.77. The lowest BCUT2D eigenvalue weighted by Crippen LogP contribution is -2.30. The molecule has 1 fully saturated rings. The smallest absolute Gasteiger partial charge is 0.320 e. The van der Waals surface area contributed by atoms with E-state index in [1.165, 1.54) is 12.8 Å². The first-order valence-electron chi connectivity index (χ1n) is 6.79. The third-order valence-corrected chi connectivity index (χ3v) is 3.17. The molecule has 0 aromatic rings. The minimum Gasteiger partial charge on any atom is -0.480 e. The lowest BCUT2D eigenvalue weighted by atomic mass is 10.1. The van der Waals surface area contributed by atoms with E-state index < -0.39 is 12.0 Å². The predicted octanol–water partition coefficient (Wildman–Crippen LogP) is 1.71. The number of carbonyl (C=O) groups excluding carboxylic acids is 1. The van der Waals surface area contributed by atoms with Gasteiger partial charge in [0.25, 0.3) is 0 Å². The van der Waals surface area contributed by atoms with E-state index in [0.29, 0.717) is 19.4 Å². The van der Waals surface area contributed by atoms with Crippen molar-refractivity contribution in [1.82, 2.24) is 5.32 Å². The van der Waals surface area contributed by atoms with Crippen LogP contribution in [0.5, 0.6) is 0 Å². The molecule has 1 aliphatic heterocycles. The fraction of sp³-hybridized carbons (Fsp3) is 0.846. The van der Waals surface area contributed by atoms with Crippen molar-refractivity contribution in [3.05, 3.63) is 0 Å². The topological polar surface area (TPSA) is 75.6 Å². The highest BCUT2D eigenvalue weighted by atomic mass is 16.5. The molecule has 1 heterocycles. The minimum atomic E-state index is -0.881. The van der Waals surface area contributed by atoms with Crippen LogP contribution in [0.15, 0.2) is 0 Å². The largest absolute Gasteiger partial charge is 0.480 e. The van der Waals surface area contributed by atoms with Crippen LogP contribution in [0.25, 0.3) is 0 Å². The van der Waals surface area contributed by atoms with E-state index in [-0.39, 0.29) is 12.1 Å². The quantitative estimate of drug-likeness (QED) is 0.511. The van der Waals surface area contributed by atoms with E-state index in [1.54, 1.807) is 0 Å². The summed E-state index contributed by atoms with van der Waals surface area (Å²) in [6.07, 6.45) is 6.01. The molecule has 0 aromatic heterocycles. The zero-order valence-corrected chi connectivity index (χ0v) is 11.0. The van der Waals surface area contributed by atoms with Crippen molar-refractivity contribution >= 4 is 11.9 Å². The molecular weight excluding hydrogens is 234 g/mol. The molecule has 0 unspecified atom stereocenters. The Labute approximate surface area is 108 Å². The standard InChI is InChI=1S/C13H23NO4/c1-2-3-4-5-6-7-12(15)18-10-8-11(13(16)17)14-9-10/h10-11,14H,2-9H2,1H3,(H,16,17)/t10-,11+/m1/s1. The van der Waals surface area contributed by atoms with Gasteiger partial charge in [0.1, 0.15) is 12.1 Å². The monoisotopic (exact) mass is 257 g/mol. The number of carboxylic acids is 1. The Hall–Kier alpha value is -1.10. The molecule has 1 rings (SSSR count). The van der Waals surface area contributed by atoms with Gasteiger partial charge in [-0.25, -0.2) is 0 Å². The highest BCUT2D eigenvalue weighted by Crippen LogP contribution is 2.13. The van der Waals surface area contributed by atoms with Gasteiger partial charge in [-0.3, -0.25) is 9.59 Å². The van der Waals surface area contributed by atoms with Crippen molar-refractivity contribution in [2.45, 2.75) is 64.0 Å². The van der Waals surface area contributed by atoms with Crippen LogP contribution in [0.3, 0.4) is 0 Å². The van der Waals surface area contributed by atoms with Gasteiger partial charge >= 0.3 is 11.9 Å². The number of ether oxygens (including phenoxy) is 1. The number of aliphatic carboxylic acids is 1. The number of hydrogen-bond donors (Lipinski definition) is 2. The van der Waals surface area contributed by atoms with Gasteiger partial charge in [0.15, 0.2) is 0 Å². The molecule has 0 bridgehead atoms. The fourth-order valence-electron chi connectivity index (χ4n) is 2.10. The van der Waals surface area contributed by atoms with Crippen molar-refractivity contribution < 1.29 is 19.4 Å². The van der Waals surface area contributed by atoms with Gasteiger partial charge in [0.05, 0.1) is 0 Å². The average molecular weight is 257 g/mol. The molecule has 104 valence electrons. The van der Waals surface area contributed by atoms with E-state index >= 15 is 0 Å². The number of rotatable bonds is 8. The van der Waals surface area contributed by atoms with Crippen molar-refractivity contribution in [1.29, 1.82) is 0 Å². The Balaban J connectivity index is 2.08. The molecule has 18 heavy (non-hydrogen) atoms. The molecule has 5 heteroatoms. The van der Waals surface area contributed by atoms with Gasteiger partial charge in [-0.1, -0.05) is 32.6 Å². The number of unbranched alkanes of at least 4 members (excludes halogenated alkanes) is 4. The summed E-state index contributed by atoms with van der Waals surface area (Å²) >= 11 is 0. The van der Waals surface area contributed by atoms with Gasteiger partial charge in [0, 0.05) is 19.4 Å². The minimum absolute atomic E-state index is 0.204. The van der Waals surface area contributed by atoms with Crippen LogP contribution < -0.4 is 5.32 Å². The Morgan fingerprint density at radius 2 is 2.00 bits per heavy atom. The maximum Gasteiger partial charge on any atom is 0.320 e. The van der Waals surface area contributed by atoms with Gasteiger partial charge in [0.2, 0.25) is 0 Å². The van der Waals surface area contributed by atoms with Gasteiger partial charge in [-0.05, 0) is 6.42 Å². The Morgan fingerprint density at radius 3 is 2.61 bits per heavy atom. The zero-order valence-electron chi connectivity index (χ0n) is 11.0. The summed E-state index contributed by atoms with van der Waals surface area (Å²) in [6, 6.07) is -0.577. The summed E-state index contributed by atoms with van der Waals surface area (Å²) in [4.78, 5) is 22.2. The van der Waals surface area contributed by atoms with Crippen LogP contribution in [0, 0.1) is 0 Å². The van der Waals surface area contributed by atoms with Crippen LogP contribution in [0.4, 0.5) is 0 Å². The van der Waals surface area contributed by atoms with Crippen LogP contribution >= 0.6 is 0 Å². The number of nitrogens with one attached hydrogen (secondary N) is 1. The molecule has 2 atom stereocenters. The first-order chi connectivity index (χ1) is 8.63. The lowest BCUT2D eigenvalue weighted by Gasteiger charge is -2.10. The normalized spacial score (nSPS) is 22.9. The summed E-state index contributed by atoms with van der Waals surface area (Å²) in [6.45, 7) is 2.60. The molecule has 1 aliphatic rings. The highest BCUT2D eigenvalue weighted by Gasteiger charge is 2.31. The first-order valence-corrected chi connectivity index (χ1v) is 6.79. The molecule has 0 radical (unpaired) electrons. The van der Waals surface area contributed by atoms with Gasteiger partial charge < -0.3 is 15.2 Å². The van der Waals surface area contributed by atoms with E-state index in [4.69, 9.17) is 9.84 Å². The molecule has 5 nitrogen and oxygen atoms in total. The second-order valence-electron chi connectivity index (χ2n) is 4.81. The Bertz CT molecular complexity index is 280. The van der Waals surface area contributed by atoms with Crippen LogP contribution in [-0.2, 0) is 14.3 Å². The number of carbonyl (C=O) groups is 2. The maximum absolute atomic E-state index is 11.5. The lowest BCUT2D eigenvalue weighted by molar-refractivity contribution is -0.149. The molecule has 2 N–H and O–H groups in total. The first kappa shape index (κ1) is 15.0. The van der Waals surface area contributed by atoms with Crippen LogP contribution in [0.1, 0.15) is 51.9 Å². The van der Waals surface area contributed by atoms with E-state index in [2.05, 4.69) is 12.2 Å². The van der Waals surface area contributed by atoms with E-state index in [0.717, 1.165) is 19.3 Å². The summed E-state index contributed by atoms with van der Waals surface area (Å²) in [5, 5.41) is 11.6. The third-order valence-electron chi connectivity index (χ3n) is 3.17. The van der Waals surface area contributed by atoms with Crippen molar-refractivity contribution in [3.63, 3.8) is 0 Å². The second-order valence-corrected chi connectivity index (χ2v) is 4.81. The molecule has 0 aromatic carbocycles. The Kier molecular flexibility index (Phi) is 6.72. The van der Waals surface area contributed by atoms with Crippen LogP contribution in [0.2, 0.25) is 0 Å². The van der Waals surface area contributed by atoms with Gasteiger partial charge in [-0.15, -0.1) is 0 Å². The maximum atomic E-state index is 11.5.